The maximum absolute atomic E-state index is 13.0. The molecule has 1 aliphatic rings. The number of nitrogens with one attached hydrogen (secondary N) is 1. The van der Waals surface area contributed by atoms with E-state index in [4.69, 9.17) is 4.98 Å². The van der Waals surface area contributed by atoms with E-state index in [9.17, 15) is 4.79 Å². The van der Waals surface area contributed by atoms with Crippen LogP contribution in [0.4, 0.5) is 0 Å². The van der Waals surface area contributed by atoms with Gasteiger partial charge in [-0.15, -0.1) is 5.10 Å². The van der Waals surface area contributed by atoms with Gasteiger partial charge in [0.05, 0.1) is 0 Å². The van der Waals surface area contributed by atoms with E-state index in [2.05, 4.69) is 15.1 Å². The molecule has 0 amide bonds. The predicted octanol–water partition coefficient (Wildman–Crippen LogP) is 3.04. The first-order valence-corrected chi connectivity index (χ1v) is 9.66. The fourth-order valence-corrected chi connectivity index (χ4v) is 4.12. The van der Waals surface area contributed by atoms with Gasteiger partial charge in [0.25, 0.3) is 0 Å². The molecule has 0 unspecified atom stereocenters. The van der Waals surface area contributed by atoms with E-state index in [1.165, 1.54) is 17.4 Å². The molecule has 5 rings (SSSR count). The largest absolute Gasteiger partial charge is 0.336 e. The van der Waals surface area contributed by atoms with Crippen LogP contribution < -0.4 is 5.56 Å². The fourth-order valence-electron chi connectivity index (χ4n) is 4.12. The molecule has 1 fully saturated rings. The Morgan fingerprint density at radius 2 is 1.93 bits per heavy atom. The van der Waals surface area contributed by atoms with Crippen LogP contribution in [0.5, 0.6) is 0 Å². The summed E-state index contributed by atoms with van der Waals surface area (Å²) in [5, 5.41) is 4.50. The SMILES string of the molecule is CCn1c2nc(C3CCCC3)[nH]c2c(=O)n2nc(Cc3ccccc3)nc12. The highest BCUT2D eigenvalue weighted by molar-refractivity contribution is 5.72. The van der Waals surface area contributed by atoms with Gasteiger partial charge >= 0.3 is 5.56 Å². The summed E-state index contributed by atoms with van der Waals surface area (Å²) in [5.41, 5.74) is 2.17. The normalized spacial score (nSPS) is 15.3. The zero-order valence-corrected chi connectivity index (χ0v) is 15.4. The smallest absolute Gasteiger partial charge is 0.301 e. The fraction of sp³-hybridized carbons (Fsp3) is 0.400. The minimum Gasteiger partial charge on any atom is -0.336 e. The average Bonchev–Trinajstić information content (AvgIpc) is 3.42. The second kappa shape index (κ2) is 6.33. The number of imidazole rings is 1. The summed E-state index contributed by atoms with van der Waals surface area (Å²) in [5.74, 6) is 2.56. The number of aromatic amines is 1. The predicted molar refractivity (Wildman–Crippen MR) is 103 cm³/mol. The van der Waals surface area contributed by atoms with Gasteiger partial charge in [0.2, 0.25) is 5.78 Å². The van der Waals surface area contributed by atoms with Crippen LogP contribution in [0, 0.1) is 0 Å². The van der Waals surface area contributed by atoms with E-state index in [0.717, 1.165) is 24.2 Å². The average molecular weight is 362 g/mol. The molecule has 0 saturated heterocycles. The summed E-state index contributed by atoms with van der Waals surface area (Å²) in [4.78, 5) is 25.8. The van der Waals surface area contributed by atoms with Crippen molar-refractivity contribution in [2.75, 3.05) is 0 Å². The molecule has 0 bridgehead atoms. The maximum atomic E-state index is 13.0. The molecule has 0 radical (unpaired) electrons. The van der Waals surface area contributed by atoms with Crippen LogP contribution in [0.1, 0.15) is 55.7 Å². The molecule has 1 N–H and O–H groups in total. The number of hydrogen-bond donors (Lipinski definition) is 1. The topological polar surface area (TPSA) is 80.9 Å². The highest BCUT2D eigenvalue weighted by Crippen LogP contribution is 2.33. The first kappa shape index (κ1) is 16.2. The molecule has 138 valence electrons. The summed E-state index contributed by atoms with van der Waals surface area (Å²) in [7, 11) is 0. The lowest BCUT2D eigenvalue weighted by Gasteiger charge is -2.04. The van der Waals surface area contributed by atoms with Crippen molar-refractivity contribution in [3.8, 4) is 0 Å². The number of fused-ring (bicyclic) bond motifs is 2. The lowest BCUT2D eigenvalue weighted by atomic mass is 10.1. The van der Waals surface area contributed by atoms with Crippen LogP contribution in [-0.2, 0) is 13.0 Å². The van der Waals surface area contributed by atoms with Crippen molar-refractivity contribution >= 4 is 16.9 Å². The van der Waals surface area contributed by atoms with Gasteiger partial charge in [-0.3, -0.25) is 9.36 Å². The van der Waals surface area contributed by atoms with E-state index in [1.807, 2.05) is 41.8 Å². The lowest BCUT2D eigenvalue weighted by Crippen LogP contribution is -2.19. The van der Waals surface area contributed by atoms with E-state index in [-0.39, 0.29) is 5.56 Å². The van der Waals surface area contributed by atoms with Crippen LogP contribution >= 0.6 is 0 Å². The Morgan fingerprint density at radius 1 is 1.15 bits per heavy atom. The molecule has 0 aliphatic heterocycles. The van der Waals surface area contributed by atoms with E-state index < -0.39 is 0 Å². The van der Waals surface area contributed by atoms with Gasteiger partial charge in [-0.05, 0) is 25.3 Å². The summed E-state index contributed by atoms with van der Waals surface area (Å²) >= 11 is 0. The van der Waals surface area contributed by atoms with Crippen LogP contribution in [0.25, 0.3) is 16.9 Å². The van der Waals surface area contributed by atoms with Gasteiger partial charge in [0.15, 0.2) is 17.0 Å². The quantitative estimate of drug-likeness (QED) is 0.605. The molecule has 27 heavy (non-hydrogen) atoms. The summed E-state index contributed by atoms with van der Waals surface area (Å²) in [6.07, 6.45) is 5.33. The Kier molecular flexibility index (Phi) is 3.81. The molecule has 4 aromatic rings. The Hall–Kier alpha value is -2.96. The van der Waals surface area contributed by atoms with Crippen LogP contribution in [-0.4, -0.2) is 29.1 Å². The Balaban J connectivity index is 1.66. The Morgan fingerprint density at radius 3 is 2.67 bits per heavy atom. The van der Waals surface area contributed by atoms with Crippen LogP contribution in [0.3, 0.4) is 0 Å². The summed E-state index contributed by atoms with van der Waals surface area (Å²) in [6.45, 7) is 2.72. The third-order valence-corrected chi connectivity index (χ3v) is 5.50. The van der Waals surface area contributed by atoms with Crippen molar-refractivity contribution in [3.63, 3.8) is 0 Å². The van der Waals surface area contributed by atoms with Gasteiger partial charge in [0.1, 0.15) is 5.82 Å². The third kappa shape index (κ3) is 2.65. The lowest BCUT2D eigenvalue weighted by molar-refractivity contribution is 0.678. The number of rotatable bonds is 4. The van der Waals surface area contributed by atoms with Crippen molar-refractivity contribution in [3.05, 3.63) is 57.9 Å². The zero-order valence-electron chi connectivity index (χ0n) is 15.4. The van der Waals surface area contributed by atoms with Crippen molar-refractivity contribution < 1.29 is 0 Å². The van der Waals surface area contributed by atoms with Crippen molar-refractivity contribution in [1.82, 2.24) is 29.1 Å². The molecule has 7 heteroatoms. The van der Waals surface area contributed by atoms with Crippen LogP contribution in [0.2, 0.25) is 0 Å². The summed E-state index contributed by atoms with van der Waals surface area (Å²) in [6, 6.07) is 10.1. The minimum atomic E-state index is -0.173. The number of aryl methyl sites for hydroxylation is 1. The summed E-state index contributed by atoms with van der Waals surface area (Å²) < 4.78 is 3.40. The molecule has 1 aliphatic carbocycles. The third-order valence-electron chi connectivity index (χ3n) is 5.50. The Bertz CT molecular complexity index is 1160. The van der Waals surface area contributed by atoms with Gasteiger partial charge in [-0.2, -0.15) is 9.50 Å². The second-order valence-corrected chi connectivity index (χ2v) is 7.25. The van der Waals surface area contributed by atoms with Crippen molar-refractivity contribution in [1.29, 1.82) is 0 Å². The van der Waals surface area contributed by atoms with Crippen LogP contribution in [0.15, 0.2) is 35.1 Å². The van der Waals surface area contributed by atoms with E-state index in [0.29, 0.717) is 41.6 Å². The molecule has 1 aromatic carbocycles. The molecule has 3 aromatic heterocycles. The molecule has 7 nitrogen and oxygen atoms in total. The highest BCUT2D eigenvalue weighted by atomic mass is 16.1. The van der Waals surface area contributed by atoms with Gasteiger partial charge < -0.3 is 4.98 Å². The standard InChI is InChI=1S/C20H22N6O/c1-2-25-18-16(22-17(23-18)14-10-6-7-11-14)19(27)26-20(25)21-15(24-26)12-13-8-4-3-5-9-13/h3-5,8-9,14H,2,6-7,10-12H2,1H3,(H,22,23). The number of benzene rings is 1. The molecule has 3 heterocycles. The zero-order chi connectivity index (χ0) is 18.4. The number of H-pyrrole nitrogens is 1. The minimum absolute atomic E-state index is 0.173. The first-order chi connectivity index (χ1) is 13.2. The van der Waals surface area contributed by atoms with E-state index >= 15 is 0 Å². The number of nitrogens with zero attached hydrogens (tertiary/aromatic N) is 5. The number of aromatic nitrogens is 6. The van der Waals surface area contributed by atoms with Gasteiger partial charge in [-0.25, -0.2) is 4.98 Å². The second-order valence-electron chi connectivity index (χ2n) is 7.25. The number of hydrogen-bond acceptors (Lipinski definition) is 4. The van der Waals surface area contributed by atoms with E-state index in [1.54, 1.807) is 0 Å². The van der Waals surface area contributed by atoms with Gasteiger partial charge in [0, 0.05) is 18.9 Å². The van der Waals surface area contributed by atoms with Gasteiger partial charge in [-0.1, -0.05) is 43.2 Å². The first-order valence-electron chi connectivity index (χ1n) is 9.66. The Labute approximate surface area is 156 Å². The maximum Gasteiger partial charge on any atom is 0.301 e. The van der Waals surface area contributed by atoms with Crippen molar-refractivity contribution in [2.24, 2.45) is 0 Å². The molecular weight excluding hydrogens is 340 g/mol. The molecule has 1 saturated carbocycles. The monoisotopic (exact) mass is 362 g/mol. The molecule has 0 atom stereocenters. The van der Waals surface area contributed by atoms with Crippen molar-refractivity contribution in [2.45, 2.75) is 51.5 Å². The molecule has 0 spiro atoms. The highest BCUT2D eigenvalue weighted by Gasteiger charge is 2.24. The molecular formula is C20H22N6O.